The van der Waals surface area contributed by atoms with Gasteiger partial charge >= 0.3 is 5.97 Å². The average Bonchev–Trinajstić information content (AvgIpc) is 3.15. The molecule has 0 aromatic carbocycles. The molecule has 1 aliphatic heterocycles. The van der Waals surface area contributed by atoms with Crippen LogP contribution in [0, 0.1) is 0 Å². The number of amides is 1. The zero-order valence-corrected chi connectivity index (χ0v) is 13.7. The number of methoxy groups -OCH3 is 1. The Morgan fingerprint density at radius 1 is 1.41 bits per heavy atom. The zero-order valence-electron chi connectivity index (χ0n) is 12.9. The molecule has 0 saturated carbocycles. The maximum Gasteiger partial charge on any atom is 0.326 e. The Morgan fingerprint density at radius 3 is 2.86 bits per heavy atom. The molecule has 1 fully saturated rings. The summed E-state index contributed by atoms with van der Waals surface area (Å²) in [6, 6.07) is 3.45. The van der Waals surface area contributed by atoms with Crippen LogP contribution in [0.15, 0.2) is 17.5 Å². The third-order valence-corrected chi connectivity index (χ3v) is 5.03. The molecule has 1 aromatic rings. The number of carbonyl (C=O) groups excluding carboxylic acids is 1. The molecule has 122 valence electrons. The van der Waals surface area contributed by atoms with Crippen LogP contribution in [0.2, 0.25) is 0 Å². The summed E-state index contributed by atoms with van der Waals surface area (Å²) < 4.78 is 5.20. The predicted octanol–water partition coefficient (Wildman–Crippen LogP) is 2.55. The summed E-state index contributed by atoms with van der Waals surface area (Å²) >= 11 is 1.76. The third kappa shape index (κ3) is 4.55. The maximum absolute atomic E-state index is 12.2. The van der Waals surface area contributed by atoms with E-state index in [4.69, 9.17) is 4.74 Å². The minimum absolute atomic E-state index is 0.0666. The average molecular weight is 325 g/mol. The van der Waals surface area contributed by atoms with Gasteiger partial charge in [-0.15, -0.1) is 11.3 Å². The van der Waals surface area contributed by atoms with Crippen LogP contribution < -0.4 is 0 Å². The number of carbonyl (C=O) groups is 2. The minimum atomic E-state index is -0.939. The van der Waals surface area contributed by atoms with E-state index in [-0.39, 0.29) is 12.0 Å². The van der Waals surface area contributed by atoms with Gasteiger partial charge < -0.3 is 14.7 Å². The number of thiophene rings is 1. The molecule has 5 nitrogen and oxygen atoms in total. The Kier molecular flexibility index (Phi) is 6.39. The summed E-state index contributed by atoms with van der Waals surface area (Å²) in [5.41, 5.74) is 0. The highest BCUT2D eigenvalue weighted by Crippen LogP contribution is 2.22. The lowest BCUT2D eigenvalue weighted by Crippen LogP contribution is -2.40. The molecule has 6 heteroatoms. The standard InChI is InChI=1S/C16H23NO4S/c1-21-12-10-14(16(19)20)17(11-12)15(18)8-4-2-3-6-13-7-5-9-22-13/h5,7,9,12,14H,2-4,6,8,10-11H2,1H3,(H,19,20). The lowest BCUT2D eigenvalue weighted by molar-refractivity contribution is -0.148. The first kappa shape index (κ1) is 17.0. The quantitative estimate of drug-likeness (QED) is 0.746. The number of aryl methyl sites for hydroxylation is 1. The molecule has 2 heterocycles. The van der Waals surface area contributed by atoms with Crippen molar-refractivity contribution in [1.29, 1.82) is 0 Å². The van der Waals surface area contributed by atoms with Gasteiger partial charge in [-0.1, -0.05) is 12.5 Å². The SMILES string of the molecule is COC1CC(C(=O)O)N(C(=O)CCCCCc2cccs2)C1. The molecule has 22 heavy (non-hydrogen) atoms. The van der Waals surface area contributed by atoms with Crippen LogP contribution in [-0.4, -0.2) is 47.7 Å². The number of aliphatic carboxylic acids is 1. The summed E-state index contributed by atoms with van der Waals surface area (Å²) in [5, 5.41) is 11.3. The van der Waals surface area contributed by atoms with Gasteiger partial charge in [-0.3, -0.25) is 4.79 Å². The Balaban J connectivity index is 1.70. The molecule has 0 radical (unpaired) electrons. The second kappa shape index (κ2) is 8.29. The van der Waals surface area contributed by atoms with Crippen molar-refractivity contribution in [2.75, 3.05) is 13.7 Å². The Labute approximate surface area is 134 Å². The van der Waals surface area contributed by atoms with E-state index in [1.807, 2.05) is 0 Å². The fraction of sp³-hybridized carbons (Fsp3) is 0.625. The van der Waals surface area contributed by atoms with E-state index in [0.717, 1.165) is 25.7 Å². The Bertz CT molecular complexity index is 488. The van der Waals surface area contributed by atoms with Gasteiger partial charge in [-0.05, 0) is 30.7 Å². The van der Waals surface area contributed by atoms with Gasteiger partial charge in [-0.25, -0.2) is 4.79 Å². The van der Waals surface area contributed by atoms with Crippen molar-refractivity contribution in [3.8, 4) is 0 Å². The fourth-order valence-corrected chi connectivity index (χ4v) is 3.58. The summed E-state index contributed by atoms with van der Waals surface area (Å²) in [7, 11) is 1.56. The lowest BCUT2D eigenvalue weighted by atomic mass is 10.1. The Morgan fingerprint density at radius 2 is 2.23 bits per heavy atom. The van der Waals surface area contributed by atoms with Gasteiger partial charge in [0.25, 0.3) is 0 Å². The van der Waals surface area contributed by atoms with Crippen molar-refractivity contribution < 1.29 is 19.4 Å². The van der Waals surface area contributed by atoms with Gasteiger partial charge in [0.2, 0.25) is 5.91 Å². The molecule has 2 rings (SSSR count). The largest absolute Gasteiger partial charge is 0.480 e. The van der Waals surface area contributed by atoms with Crippen LogP contribution in [-0.2, 0) is 20.7 Å². The first-order valence-corrected chi connectivity index (χ1v) is 8.57. The first-order chi connectivity index (χ1) is 10.6. The van der Waals surface area contributed by atoms with E-state index >= 15 is 0 Å². The fourth-order valence-electron chi connectivity index (χ4n) is 2.83. The van der Waals surface area contributed by atoms with Gasteiger partial charge in [0.05, 0.1) is 6.10 Å². The van der Waals surface area contributed by atoms with Gasteiger partial charge in [0.1, 0.15) is 6.04 Å². The monoisotopic (exact) mass is 325 g/mol. The molecular formula is C16H23NO4S. The maximum atomic E-state index is 12.2. The van der Waals surface area contributed by atoms with Gasteiger partial charge in [-0.2, -0.15) is 0 Å². The van der Waals surface area contributed by atoms with E-state index in [9.17, 15) is 14.7 Å². The van der Waals surface area contributed by atoms with Crippen molar-refractivity contribution in [3.05, 3.63) is 22.4 Å². The number of unbranched alkanes of at least 4 members (excludes halogenated alkanes) is 2. The number of carboxylic acids is 1. The van der Waals surface area contributed by atoms with Crippen molar-refractivity contribution >= 4 is 23.2 Å². The third-order valence-electron chi connectivity index (χ3n) is 4.10. The highest BCUT2D eigenvalue weighted by atomic mass is 32.1. The Hall–Kier alpha value is -1.40. The summed E-state index contributed by atoms with van der Waals surface area (Å²) in [6.45, 7) is 0.390. The van der Waals surface area contributed by atoms with Crippen LogP contribution in [0.1, 0.15) is 37.0 Å². The van der Waals surface area contributed by atoms with Gasteiger partial charge in [0, 0.05) is 31.4 Å². The van der Waals surface area contributed by atoms with Crippen LogP contribution in [0.25, 0.3) is 0 Å². The summed E-state index contributed by atoms with van der Waals surface area (Å²) in [5.74, 6) is -1.01. The molecule has 1 saturated heterocycles. The van der Waals surface area contributed by atoms with Crippen LogP contribution in [0.5, 0.6) is 0 Å². The lowest BCUT2D eigenvalue weighted by Gasteiger charge is -2.21. The molecule has 1 aromatic heterocycles. The van der Waals surface area contributed by atoms with E-state index in [1.165, 1.54) is 9.78 Å². The van der Waals surface area contributed by atoms with Crippen molar-refractivity contribution in [2.45, 2.75) is 50.7 Å². The van der Waals surface area contributed by atoms with Crippen LogP contribution >= 0.6 is 11.3 Å². The van der Waals surface area contributed by atoms with Crippen molar-refractivity contribution in [2.24, 2.45) is 0 Å². The molecule has 0 bridgehead atoms. The van der Waals surface area contributed by atoms with Crippen molar-refractivity contribution in [1.82, 2.24) is 4.90 Å². The topological polar surface area (TPSA) is 66.8 Å². The molecule has 2 unspecified atom stereocenters. The molecule has 2 atom stereocenters. The predicted molar refractivity (Wildman–Crippen MR) is 85.0 cm³/mol. The number of carboxylic acid groups (broad SMARTS) is 1. The number of hydrogen-bond donors (Lipinski definition) is 1. The minimum Gasteiger partial charge on any atom is -0.480 e. The highest BCUT2D eigenvalue weighted by molar-refractivity contribution is 7.09. The molecule has 1 aliphatic rings. The van der Waals surface area contributed by atoms with Crippen LogP contribution in [0.4, 0.5) is 0 Å². The second-order valence-corrected chi connectivity index (χ2v) is 6.67. The molecule has 0 aliphatic carbocycles. The van der Waals surface area contributed by atoms with Gasteiger partial charge in [0.15, 0.2) is 0 Å². The smallest absolute Gasteiger partial charge is 0.326 e. The van der Waals surface area contributed by atoms with E-state index in [2.05, 4.69) is 17.5 Å². The van der Waals surface area contributed by atoms with E-state index in [1.54, 1.807) is 18.4 Å². The molecule has 0 spiro atoms. The molecule has 1 N–H and O–H groups in total. The first-order valence-electron chi connectivity index (χ1n) is 7.69. The normalized spacial score (nSPS) is 21.2. The number of hydrogen-bond acceptors (Lipinski definition) is 4. The summed E-state index contributed by atoms with van der Waals surface area (Å²) in [4.78, 5) is 26.3. The number of likely N-dealkylation sites (tertiary alicyclic amines) is 1. The summed E-state index contributed by atoms with van der Waals surface area (Å²) in [6.07, 6.45) is 4.56. The highest BCUT2D eigenvalue weighted by Gasteiger charge is 2.39. The molecular weight excluding hydrogens is 302 g/mol. The zero-order chi connectivity index (χ0) is 15.9. The van der Waals surface area contributed by atoms with E-state index in [0.29, 0.717) is 19.4 Å². The number of rotatable bonds is 8. The number of ether oxygens (including phenoxy) is 1. The van der Waals surface area contributed by atoms with Crippen molar-refractivity contribution in [3.63, 3.8) is 0 Å². The van der Waals surface area contributed by atoms with Crippen LogP contribution in [0.3, 0.4) is 0 Å². The molecule has 1 amide bonds. The van der Waals surface area contributed by atoms with E-state index < -0.39 is 12.0 Å². The second-order valence-electron chi connectivity index (χ2n) is 5.63. The number of nitrogens with zero attached hydrogens (tertiary/aromatic N) is 1.